The smallest absolute Gasteiger partial charge is 0.0316 e. The molecular formula is C13H20N4. The zero-order valence-electron chi connectivity index (χ0n) is 9.89. The summed E-state index contributed by atoms with van der Waals surface area (Å²) in [6.07, 6.45) is 0.894. The maximum Gasteiger partial charge on any atom is 0.0316 e. The summed E-state index contributed by atoms with van der Waals surface area (Å²) in [7, 11) is 0. The first kappa shape index (κ1) is 15.0. The average molecular weight is 232 g/mol. The Morgan fingerprint density at radius 2 is 1.35 bits per heavy atom. The summed E-state index contributed by atoms with van der Waals surface area (Å²) in [5, 5.41) is 0. The molecule has 10 N–H and O–H groups in total. The van der Waals surface area contributed by atoms with Crippen LogP contribution in [0.3, 0.4) is 0 Å². The molecule has 0 radical (unpaired) electrons. The number of rotatable bonds is 2. The van der Waals surface area contributed by atoms with Crippen LogP contribution in [0, 0.1) is 0 Å². The molecule has 92 valence electrons. The van der Waals surface area contributed by atoms with Crippen LogP contribution >= 0.6 is 0 Å². The SMILES string of the molecule is N.N.Nc1ccc(Cc2cccc(N)c2)cc1. The predicted octanol–water partition coefficient (Wildman–Crippen LogP) is 2.77. The number of nitrogen functional groups attached to an aromatic ring is 2. The highest BCUT2D eigenvalue weighted by atomic mass is 14.5. The van der Waals surface area contributed by atoms with Gasteiger partial charge in [0.1, 0.15) is 0 Å². The van der Waals surface area contributed by atoms with Crippen LogP contribution in [0.2, 0.25) is 0 Å². The number of anilines is 2. The molecule has 2 aromatic rings. The van der Waals surface area contributed by atoms with Gasteiger partial charge in [-0.25, -0.2) is 0 Å². The summed E-state index contributed by atoms with van der Waals surface area (Å²) >= 11 is 0. The molecule has 0 aliphatic rings. The van der Waals surface area contributed by atoms with E-state index in [1.807, 2.05) is 42.5 Å². The highest BCUT2D eigenvalue weighted by molar-refractivity contribution is 5.44. The Kier molecular flexibility index (Phi) is 5.74. The molecular weight excluding hydrogens is 212 g/mol. The van der Waals surface area contributed by atoms with E-state index in [9.17, 15) is 0 Å². The molecule has 2 rings (SSSR count). The van der Waals surface area contributed by atoms with Crippen LogP contribution in [0.4, 0.5) is 11.4 Å². The molecule has 4 nitrogen and oxygen atoms in total. The van der Waals surface area contributed by atoms with Crippen molar-refractivity contribution in [2.24, 2.45) is 0 Å². The van der Waals surface area contributed by atoms with Crippen molar-refractivity contribution >= 4 is 11.4 Å². The summed E-state index contributed by atoms with van der Waals surface area (Å²) in [6, 6.07) is 15.9. The van der Waals surface area contributed by atoms with Gasteiger partial charge in [-0.05, 0) is 41.8 Å². The Bertz CT molecular complexity index is 451. The highest BCUT2D eigenvalue weighted by Gasteiger charge is 1.96. The van der Waals surface area contributed by atoms with E-state index in [2.05, 4.69) is 6.07 Å². The number of benzene rings is 2. The van der Waals surface area contributed by atoms with Gasteiger partial charge in [0.15, 0.2) is 0 Å². The van der Waals surface area contributed by atoms with Gasteiger partial charge in [-0.15, -0.1) is 0 Å². The average Bonchev–Trinajstić information content (AvgIpc) is 2.22. The molecule has 0 bridgehead atoms. The van der Waals surface area contributed by atoms with Gasteiger partial charge in [0.2, 0.25) is 0 Å². The summed E-state index contributed by atoms with van der Waals surface area (Å²) in [5.41, 5.74) is 15.4. The van der Waals surface area contributed by atoms with E-state index in [-0.39, 0.29) is 12.3 Å². The minimum absolute atomic E-state index is 0. The van der Waals surface area contributed by atoms with Gasteiger partial charge >= 0.3 is 0 Å². The lowest BCUT2D eigenvalue weighted by atomic mass is 10.0. The van der Waals surface area contributed by atoms with Crippen molar-refractivity contribution in [2.75, 3.05) is 11.5 Å². The van der Waals surface area contributed by atoms with Crippen LogP contribution in [0.15, 0.2) is 48.5 Å². The van der Waals surface area contributed by atoms with Crippen LogP contribution in [-0.2, 0) is 6.42 Å². The summed E-state index contributed by atoms with van der Waals surface area (Å²) in [6.45, 7) is 0. The standard InChI is InChI=1S/C13H14N2.2H3N/c14-12-6-4-10(5-7-12)8-11-2-1-3-13(15)9-11;;/h1-7,9H,8,14-15H2;2*1H3. The van der Waals surface area contributed by atoms with Crippen LogP contribution in [0.25, 0.3) is 0 Å². The quantitative estimate of drug-likeness (QED) is 0.594. The van der Waals surface area contributed by atoms with Crippen molar-refractivity contribution in [3.05, 3.63) is 59.7 Å². The Hall–Kier alpha value is -2.04. The van der Waals surface area contributed by atoms with Crippen molar-refractivity contribution in [3.8, 4) is 0 Å². The number of hydrogen-bond donors (Lipinski definition) is 4. The monoisotopic (exact) mass is 232 g/mol. The van der Waals surface area contributed by atoms with Gasteiger partial charge in [0.25, 0.3) is 0 Å². The Morgan fingerprint density at radius 3 is 1.94 bits per heavy atom. The molecule has 0 heterocycles. The molecule has 4 heteroatoms. The van der Waals surface area contributed by atoms with Gasteiger partial charge in [-0.1, -0.05) is 24.3 Å². The van der Waals surface area contributed by atoms with E-state index >= 15 is 0 Å². The van der Waals surface area contributed by atoms with Gasteiger partial charge in [-0.2, -0.15) is 0 Å². The fraction of sp³-hybridized carbons (Fsp3) is 0.0769. The molecule has 0 saturated heterocycles. The lowest BCUT2D eigenvalue weighted by Crippen LogP contribution is -1.91. The zero-order chi connectivity index (χ0) is 10.7. The van der Waals surface area contributed by atoms with Crippen LogP contribution < -0.4 is 23.8 Å². The highest BCUT2D eigenvalue weighted by Crippen LogP contribution is 2.13. The van der Waals surface area contributed by atoms with Crippen LogP contribution in [0.1, 0.15) is 11.1 Å². The molecule has 0 unspecified atom stereocenters. The molecule has 0 amide bonds. The van der Waals surface area contributed by atoms with E-state index in [1.165, 1.54) is 11.1 Å². The van der Waals surface area contributed by atoms with Crippen molar-refractivity contribution in [1.29, 1.82) is 0 Å². The molecule has 0 aliphatic carbocycles. The number of hydrogen-bond acceptors (Lipinski definition) is 4. The lowest BCUT2D eigenvalue weighted by Gasteiger charge is -2.03. The molecule has 0 fully saturated rings. The molecule has 0 aromatic heterocycles. The molecule has 0 saturated carbocycles. The third kappa shape index (κ3) is 4.14. The second kappa shape index (κ2) is 6.52. The van der Waals surface area contributed by atoms with Gasteiger partial charge in [0, 0.05) is 11.4 Å². The Balaban J connectivity index is 0.00000128. The summed E-state index contributed by atoms with van der Waals surface area (Å²) < 4.78 is 0. The first-order valence-corrected chi connectivity index (χ1v) is 4.93. The summed E-state index contributed by atoms with van der Waals surface area (Å²) in [4.78, 5) is 0. The van der Waals surface area contributed by atoms with Crippen molar-refractivity contribution in [3.63, 3.8) is 0 Å². The molecule has 0 atom stereocenters. The van der Waals surface area contributed by atoms with Crippen molar-refractivity contribution in [1.82, 2.24) is 12.3 Å². The van der Waals surface area contributed by atoms with E-state index < -0.39 is 0 Å². The summed E-state index contributed by atoms with van der Waals surface area (Å²) in [5.74, 6) is 0. The topological polar surface area (TPSA) is 122 Å². The fourth-order valence-corrected chi connectivity index (χ4v) is 1.57. The van der Waals surface area contributed by atoms with Crippen LogP contribution in [0.5, 0.6) is 0 Å². The van der Waals surface area contributed by atoms with E-state index in [0.717, 1.165) is 17.8 Å². The maximum atomic E-state index is 5.72. The Labute approximate surface area is 102 Å². The molecule has 2 aromatic carbocycles. The third-order valence-electron chi connectivity index (χ3n) is 2.34. The van der Waals surface area contributed by atoms with E-state index in [0.29, 0.717) is 0 Å². The van der Waals surface area contributed by atoms with Gasteiger partial charge in [-0.3, -0.25) is 0 Å². The van der Waals surface area contributed by atoms with E-state index in [4.69, 9.17) is 11.5 Å². The first-order chi connectivity index (χ1) is 7.24. The second-order valence-corrected chi connectivity index (χ2v) is 3.66. The molecule has 17 heavy (non-hydrogen) atoms. The van der Waals surface area contributed by atoms with Crippen LogP contribution in [-0.4, -0.2) is 0 Å². The molecule has 0 aliphatic heterocycles. The number of nitrogens with two attached hydrogens (primary N) is 2. The van der Waals surface area contributed by atoms with Gasteiger partial charge < -0.3 is 23.8 Å². The second-order valence-electron chi connectivity index (χ2n) is 3.66. The molecule has 0 spiro atoms. The Morgan fingerprint density at radius 1 is 0.706 bits per heavy atom. The zero-order valence-corrected chi connectivity index (χ0v) is 9.89. The normalized spacial score (nSPS) is 8.94. The first-order valence-electron chi connectivity index (χ1n) is 4.93. The van der Waals surface area contributed by atoms with Crippen molar-refractivity contribution in [2.45, 2.75) is 6.42 Å². The third-order valence-corrected chi connectivity index (χ3v) is 2.34. The fourth-order valence-electron chi connectivity index (χ4n) is 1.57. The maximum absolute atomic E-state index is 5.72. The van der Waals surface area contributed by atoms with Crippen molar-refractivity contribution < 1.29 is 0 Å². The van der Waals surface area contributed by atoms with Gasteiger partial charge in [0.05, 0.1) is 0 Å². The van der Waals surface area contributed by atoms with E-state index in [1.54, 1.807) is 0 Å². The lowest BCUT2D eigenvalue weighted by molar-refractivity contribution is 1.20. The largest absolute Gasteiger partial charge is 0.399 e. The minimum Gasteiger partial charge on any atom is -0.399 e. The minimum atomic E-state index is 0. The predicted molar refractivity (Wildman–Crippen MR) is 74.6 cm³/mol.